The highest BCUT2D eigenvalue weighted by molar-refractivity contribution is 9.10. The fourth-order valence-corrected chi connectivity index (χ4v) is 2.65. The predicted octanol–water partition coefficient (Wildman–Crippen LogP) is 4.83. The van der Waals surface area contributed by atoms with Gasteiger partial charge in [-0.15, -0.1) is 0 Å². The van der Waals surface area contributed by atoms with Gasteiger partial charge >= 0.3 is 0 Å². The van der Waals surface area contributed by atoms with Crippen LogP contribution in [0.1, 0.15) is 18.1 Å². The van der Waals surface area contributed by atoms with Crippen LogP contribution in [0.4, 0.5) is 5.69 Å². The van der Waals surface area contributed by atoms with Crippen molar-refractivity contribution in [2.45, 2.75) is 20.0 Å². The third kappa shape index (κ3) is 3.88. The molecule has 2 nitrogen and oxygen atoms in total. The standard InChI is InChI=1S/C15H15BrClNO/c1-2-11-7-14(3-4-15(11)17)19-9-10-5-12(16)8-13(18)6-10/h3-8H,2,9,18H2,1H3. The van der Waals surface area contributed by atoms with Crippen LogP contribution in [0.25, 0.3) is 0 Å². The van der Waals surface area contributed by atoms with E-state index in [9.17, 15) is 0 Å². The number of rotatable bonds is 4. The molecule has 0 radical (unpaired) electrons. The van der Waals surface area contributed by atoms with Crippen molar-refractivity contribution in [3.63, 3.8) is 0 Å². The third-order valence-corrected chi connectivity index (χ3v) is 3.61. The van der Waals surface area contributed by atoms with Gasteiger partial charge in [-0.2, -0.15) is 0 Å². The Morgan fingerprint density at radius 3 is 2.68 bits per heavy atom. The maximum Gasteiger partial charge on any atom is 0.120 e. The monoisotopic (exact) mass is 339 g/mol. The molecule has 0 atom stereocenters. The molecule has 0 heterocycles. The van der Waals surface area contributed by atoms with Crippen molar-refractivity contribution in [1.82, 2.24) is 0 Å². The lowest BCUT2D eigenvalue weighted by Crippen LogP contribution is -1.97. The van der Waals surface area contributed by atoms with Crippen LogP contribution in [0, 0.1) is 0 Å². The van der Waals surface area contributed by atoms with Gasteiger partial charge in [0.25, 0.3) is 0 Å². The van der Waals surface area contributed by atoms with Crippen LogP contribution >= 0.6 is 27.5 Å². The molecule has 0 spiro atoms. The van der Waals surface area contributed by atoms with Crippen LogP contribution in [0.15, 0.2) is 40.9 Å². The van der Waals surface area contributed by atoms with E-state index in [1.165, 1.54) is 0 Å². The highest BCUT2D eigenvalue weighted by Gasteiger charge is 2.03. The summed E-state index contributed by atoms with van der Waals surface area (Å²) in [5.41, 5.74) is 8.63. The summed E-state index contributed by atoms with van der Waals surface area (Å²) in [6, 6.07) is 11.5. The lowest BCUT2D eigenvalue weighted by atomic mass is 10.1. The molecular formula is C15H15BrClNO. The Balaban J connectivity index is 2.10. The van der Waals surface area contributed by atoms with Crippen LogP contribution in [-0.4, -0.2) is 0 Å². The van der Waals surface area contributed by atoms with Crippen LogP contribution in [0.5, 0.6) is 5.75 Å². The number of benzene rings is 2. The number of nitrogen functional groups attached to an aromatic ring is 1. The molecule has 2 N–H and O–H groups in total. The summed E-state index contributed by atoms with van der Waals surface area (Å²) in [5, 5.41) is 0.779. The van der Waals surface area contributed by atoms with E-state index in [0.29, 0.717) is 6.61 Å². The Kier molecular flexibility index (Phi) is 4.72. The zero-order valence-corrected chi connectivity index (χ0v) is 13.0. The van der Waals surface area contributed by atoms with Crippen molar-refractivity contribution >= 4 is 33.2 Å². The van der Waals surface area contributed by atoms with E-state index in [-0.39, 0.29) is 0 Å². The van der Waals surface area contributed by atoms with Gasteiger partial charge in [0.2, 0.25) is 0 Å². The van der Waals surface area contributed by atoms with E-state index in [0.717, 1.165) is 38.5 Å². The molecule has 0 aliphatic heterocycles. The molecule has 19 heavy (non-hydrogen) atoms. The molecule has 0 amide bonds. The highest BCUT2D eigenvalue weighted by atomic mass is 79.9. The molecule has 0 aliphatic rings. The first-order chi connectivity index (χ1) is 9.08. The second kappa shape index (κ2) is 6.31. The molecule has 100 valence electrons. The van der Waals surface area contributed by atoms with Crippen LogP contribution in [0.3, 0.4) is 0 Å². The Morgan fingerprint density at radius 2 is 2.00 bits per heavy atom. The van der Waals surface area contributed by atoms with Gasteiger partial charge < -0.3 is 10.5 Å². The van der Waals surface area contributed by atoms with Gasteiger partial charge in [-0.1, -0.05) is 34.5 Å². The zero-order chi connectivity index (χ0) is 13.8. The molecule has 0 aromatic heterocycles. The molecule has 4 heteroatoms. The second-order valence-corrected chi connectivity index (χ2v) is 5.61. The first kappa shape index (κ1) is 14.2. The minimum absolute atomic E-state index is 0.481. The van der Waals surface area contributed by atoms with E-state index in [1.807, 2.05) is 36.4 Å². The Labute approximate surface area is 126 Å². The largest absolute Gasteiger partial charge is 0.489 e. The molecule has 0 unspecified atom stereocenters. The molecule has 2 aromatic carbocycles. The summed E-state index contributed by atoms with van der Waals surface area (Å²) in [6.45, 7) is 2.55. The Morgan fingerprint density at radius 1 is 1.21 bits per heavy atom. The predicted molar refractivity (Wildman–Crippen MR) is 83.7 cm³/mol. The maximum atomic E-state index is 6.08. The number of ether oxygens (including phenoxy) is 1. The van der Waals surface area contributed by atoms with E-state index < -0.39 is 0 Å². The van der Waals surface area contributed by atoms with Gasteiger partial charge in [0, 0.05) is 15.2 Å². The number of hydrogen-bond donors (Lipinski definition) is 1. The minimum atomic E-state index is 0.481. The quantitative estimate of drug-likeness (QED) is 0.809. The average Bonchev–Trinajstić information content (AvgIpc) is 2.36. The maximum absolute atomic E-state index is 6.08. The van der Waals surface area contributed by atoms with E-state index in [2.05, 4.69) is 22.9 Å². The van der Waals surface area contributed by atoms with Gasteiger partial charge in [-0.05, 0) is 53.9 Å². The Hall–Kier alpha value is -1.19. The Bertz CT molecular complexity index is 566. The van der Waals surface area contributed by atoms with Gasteiger partial charge in [0.15, 0.2) is 0 Å². The minimum Gasteiger partial charge on any atom is -0.489 e. The second-order valence-electron chi connectivity index (χ2n) is 4.29. The fraction of sp³-hybridized carbons (Fsp3) is 0.200. The van der Waals surface area contributed by atoms with Gasteiger partial charge in [0.05, 0.1) is 0 Å². The summed E-state index contributed by atoms with van der Waals surface area (Å²) in [4.78, 5) is 0. The van der Waals surface area contributed by atoms with Crippen LogP contribution < -0.4 is 10.5 Å². The van der Waals surface area contributed by atoms with Crippen molar-refractivity contribution in [2.24, 2.45) is 0 Å². The summed E-state index contributed by atoms with van der Waals surface area (Å²) >= 11 is 9.50. The van der Waals surface area contributed by atoms with Crippen molar-refractivity contribution in [1.29, 1.82) is 0 Å². The van der Waals surface area contributed by atoms with Crippen LogP contribution in [0.2, 0.25) is 5.02 Å². The van der Waals surface area contributed by atoms with E-state index in [4.69, 9.17) is 22.1 Å². The lowest BCUT2D eigenvalue weighted by molar-refractivity contribution is 0.306. The van der Waals surface area contributed by atoms with Crippen molar-refractivity contribution < 1.29 is 4.74 Å². The first-order valence-electron chi connectivity index (χ1n) is 6.04. The van der Waals surface area contributed by atoms with E-state index in [1.54, 1.807) is 0 Å². The highest BCUT2D eigenvalue weighted by Crippen LogP contribution is 2.24. The summed E-state index contributed by atoms with van der Waals surface area (Å²) < 4.78 is 6.72. The summed E-state index contributed by atoms with van der Waals surface area (Å²) in [6.07, 6.45) is 0.889. The van der Waals surface area contributed by atoms with Gasteiger partial charge in [-0.25, -0.2) is 0 Å². The smallest absolute Gasteiger partial charge is 0.120 e. The number of halogens is 2. The fourth-order valence-electron chi connectivity index (χ4n) is 1.84. The summed E-state index contributed by atoms with van der Waals surface area (Å²) in [7, 11) is 0. The average molecular weight is 341 g/mol. The number of hydrogen-bond acceptors (Lipinski definition) is 2. The molecule has 2 aromatic rings. The molecule has 2 rings (SSSR count). The molecule has 0 saturated heterocycles. The summed E-state index contributed by atoms with van der Waals surface area (Å²) in [5.74, 6) is 0.819. The third-order valence-electron chi connectivity index (χ3n) is 2.78. The number of aryl methyl sites for hydroxylation is 1. The van der Waals surface area contributed by atoms with Gasteiger partial charge in [0.1, 0.15) is 12.4 Å². The van der Waals surface area contributed by atoms with Gasteiger partial charge in [-0.3, -0.25) is 0 Å². The molecule has 0 saturated carbocycles. The number of anilines is 1. The zero-order valence-electron chi connectivity index (χ0n) is 10.6. The topological polar surface area (TPSA) is 35.2 Å². The SMILES string of the molecule is CCc1cc(OCc2cc(N)cc(Br)c2)ccc1Cl. The normalized spacial score (nSPS) is 10.5. The molecule has 0 fully saturated rings. The first-order valence-corrected chi connectivity index (χ1v) is 7.21. The van der Waals surface area contributed by atoms with Crippen LogP contribution in [-0.2, 0) is 13.0 Å². The van der Waals surface area contributed by atoms with Crippen molar-refractivity contribution in [3.05, 3.63) is 57.0 Å². The molecular weight excluding hydrogens is 326 g/mol. The molecule has 0 aliphatic carbocycles. The van der Waals surface area contributed by atoms with Crippen molar-refractivity contribution in [3.8, 4) is 5.75 Å². The lowest BCUT2D eigenvalue weighted by Gasteiger charge is -2.09. The van der Waals surface area contributed by atoms with E-state index >= 15 is 0 Å². The number of nitrogens with two attached hydrogens (primary N) is 1. The molecule has 0 bridgehead atoms. The van der Waals surface area contributed by atoms with Crippen molar-refractivity contribution in [2.75, 3.05) is 5.73 Å².